The first-order valence-electron chi connectivity index (χ1n) is 6.76. The van der Waals surface area contributed by atoms with Gasteiger partial charge in [-0.1, -0.05) is 6.07 Å². The molecule has 2 amide bonds. The number of rotatable bonds is 4. The molecule has 1 atom stereocenters. The molecule has 1 fully saturated rings. The van der Waals surface area contributed by atoms with Crippen molar-refractivity contribution in [3.8, 4) is 0 Å². The zero-order valence-electron chi connectivity index (χ0n) is 12.1. The van der Waals surface area contributed by atoms with Crippen LogP contribution in [0.3, 0.4) is 0 Å². The predicted molar refractivity (Wildman–Crippen MR) is 82.0 cm³/mol. The van der Waals surface area contributed by atoms with Gasteiger partial charge in [0.15, 0.2) is 0 Å². The van der Waals surface area contributed by atoms with Crippen molar-refractivity contribution in [3.05, 3.63) is 24.3 Å². The fraction of sp³-hybridized carbons (Fsp3) is 0.467. The van der Waals surface area contributed by atoms with Crippen LogP contribution in [0.5, 0.6) is 0 Å². The summed E-state index contributed by atoms with van der Waals surface area (Å²) in [6, 6.07) is 7.96. The number of benzene rings is 1. The van der Waals surface area contributed by atoms with Gasteiger partial charge >= 0.3 is 0 Å². The van der Waals surface area contributed by atoms with E-state index in [2.05, 4.69) is 5.32 Å². The fourth-order valence-electron chi connectivity index (χ4n) is 2.31. The third-order valence-electron chi connectivity index (χ3n) is 3.29. The summed E-state index contributed by atoms with van der Waals surface area (Å²) in [7, 11) is 0. The van der Waals surface area contributed by atoms with Crippen LogP contribution in [-0.2, 0) is 9.59 Å². The molecule has 1 heterocycles. The number of anilines is 1. The van der Waals surface area contributed by atoms with Gasteiger partial charge in [0.05, 0.1) is 5.92 Å². The molecule has 1 saturated heterocycles. The Labute approximate surface area is 123 Å². The number of carbonyl (C=O) groups excluding carboxylic acids is 2. The molecule has 20 heavy (non-hydrogen) atoms. The molecule has 1 aliphatic heterocycles. The number of hydrogen-bond donors (Lipinski definition) is 1. The highest BCUT2D eigenvalue weighted by molar-refractivity contribution is 7.98. The van der Waals surface area contributed by atoms with Gasteiger partial charge in [-0.2, -0.15) is 0 Å². The van der Waals surface area contributed by atoms with Crippen LogP contribution in [0.4, 0.5) is 5.69 Å². The van der Waals surface area contributed by atoms with Gasteiger partial charge in [-0.15, -0.1) is 11.8 Å². The van der Waals surface area contributed by atoms with E-state index < -0.39 is 0 Å². The second-order valence-corrected chi connectivity index (χ2v) is 6.15. The van der Waals surface area contributed by atoms with Crippen molar-refractivity contribution in [1.29, 1.82) is 0 Å². The summed E-state index contributed by atoms with van der Waals surface area (Å²) in [5.74, 6) is -0.258. The smallest absolute Gasteiger partial charge is 0.227 e. The first-order chi connectivity index (χ1) is 9.51. The third-order valence-corrected chi connectivity index (χ3v) is 4.02. The summed E-state index contributed by atoms with van der Waals surface area (Å²) in [6.45, 7) is 4.32. The van der Waals surface area contributed by atoms with E-state index in [1.807, 2.05) is 44.4 Å². The Morgan fingerprint density at radius 1 is 1.45 bits per heavy atom. The van der Waals surface area contributed by atoms with Crippen molar-refractivity contribution in [2.24, 2.45) is 5.92 Å². The maximum Gasteiger partial charge on any atom is 0.227 e. The summed E-state index contributed by atoms with van der Waals surface area (Å²) in [6.07, 6.45) is 2.30. The van der Waals surface area contributed by atoms with Crippen LogP contribution >= 0.6 is 11.8 Å². The highest BCUT2D eigenvalue weighted by atomic mass is 32.2. The first kappa shape index (κ1) is 14.9. The zero-order chi connectivity index (χ0) is 14.7. The van der Waals surface area contributed by atoms with E-state index in [1.165, 1.54) is 0 Å². The number of amides is 2. The lowest BCUT2D eigenvalue weighted by atomic mass is 10.1. The lowest BCUT2D eigenvalue weighted by Gasteiger charge is -2.18. The Kier molecular flexibility index (Phi) is 4.70. The average Bonchev–Trinajstić information content (AvgIpc) is 2.80. The van der Waals surface area contributed by atoms with Crippen LogP contribution in [0.2, 0.25) is 0 Å². The Morgan fingerprint density at radius 2 is 2.20 bits per heavy atom. The largest absolute Gasteiger partial charge is 0.354 e. The van der Waals surface area contributed by atoms with Crippen molar-refractivity contribution in [2.45, 2.75) is 31.2 Å². The highest BCUT2D eigenvalue weighted by Crippen LogP contribution is 2.28. The SMILES string of the molecule is CSc1cccc(N2C[C@@H](C(=O)NC(C)C)CC2=O)c1. The molecular weight excluding hydrogens is 272 g/mol. The Bertz CT molecular complexity index is 516. The summed E-state index contributed by atoms with van der Waals surface area (Å²) in [5, 5.41) is 2.88. The number of carbonyl (C=O) groups is 2. The van der Waals surface area contributed by atoms with Crippen LogP contribution in [0, 0.1) is 5.92 Å². The number of nitrogens with zero attached hydrogens (tertiary/aromatic N) is 1. The van der Waals surface area contributed by atoms with Gasteiger partial charge in [-0.05, 0) is 38.3 Å². The minimum absolute atomic E-state index is 0.0205. The van der Waals surface area contributed by atoms with Crippen LogP contribution < -0.4 is 10.2 Å². The fourth-order valence-corrected chi connectivity index (χ4v) is 2.77. The van der Waals surface area contributed by atoms with E-state index in [1.54, 1.807) is 16.7 Å². The van der Waals surface area contributed by atoms with Gasteiger partial charge in [0.2, 0.25) is 11.8 Å². The molecule has 5 heteroatoms. The maximum absolute atomic E-state index is 12.1. The predicted octanol–water partition coefficient (Wildman–Crippen LogP) is 2.29. The second kappa shape index (κ2) is 6.31. The first-order valence-corrected chi connectivity index (χ1v) is 7.98. The molecule has 0 spiro atoms. The van der Waals surface area contributed by atoms with Crippen molar-refractivity contribution < 1.29 is 9.59 Å². The van der Waals surface area contributed by atoms with Crippen LogP contribution in [0.25, 0.3) is 0 Å². The molecule has 1 aliphatic rings. The van der Waals surface area contributed by atoms with Crippen molar-refractivity contribution >= 4 is 29.3 Å². The lowest BCUT2D eigenvalue weighted by molar-refractivity contribution is -0.126. The van der Waals surface area contributed by atoms with Gasteiger partial charge in [-0.3, -0.25) is 9.59 Å². The number of nitrogens with one attached hydrogen (secondary N) is 1. The van der Waals surface area contributed by atoms with Gasteiger partial charge in [0.25, 0.3) is 0 Å². The highest BCUT2D eigenvalue weighted by Gasteiger charge is 2.35. The van der Waals surface area contributed by atoms with Crippen molar-refractivity contribution in [3.63, 3.8) is 0 Å². The van der Waals surface area contributed by atoms with Gasteiger partial charge in [-0.25, -0.2) is 0 Å². The molecule has 0 bridgehead atoms. The number of hydrogen-bond acceptors (Lipinski definition) is 3. The van der Waals surface area contributed by atoms with Crippen molar-refractivity contribution in [1.82, 2.24) is 5.32 Å². The summed E-state index contributed by atoms with van der Waals surface area (Å²) < 4.78 is 0. The van der Waals surface area contributed by atoms with Gasteiger partial charge in [0, 0.05) is 29.6 Å². The zero-order valence-corrected chi connectivity index (χ0v) is 12.9. The van der Waals surface area contributed by atoms with E-state index >= 15 is 0 Å². The topological polar surface area (TPSA) is 49.4 Å². The lowest BCUT2D eigenvalue weighted by Crippen LogP contribution is -2.36. The standard InChI is InChI=1S/C15H20N2O2S/c1-10(2)16-15(19)11-7-14(18)17(9-11)12-5-4-6-13(8-12)20-3/h4-6,8,10-11H,7,9H2,1-3H3,(H,16,19)/t11-/m0/s1. The Hall–Kier alpha value is -1.49. The molecule has 0 unspecified atom stereocenters. The minimum atomic E-state index is -0.247. The maximum atomic E-state index is 12.1. The molecule has 1 aromatic rings. The molecule has 0 aliphatic carbocycles. The summed E-state index contributed by atoms with van der Waals surface area (Å²) in [5.41, 5.74) is 0.877. The molecular formula is C15H20N2O2S. The molecule has 0 saturated carbocycles. The van der Waals surface area contributed by atoms with Gasteiger partial charge < -0.3 is 10.2 Å². The van der Waals surface area contributed by atoms with E-state index in [0.29, 0.717) is 13.0 Å². The van der Waals surface area contributed by atoms with E-state index in [9.17, 15) is 9.59 Å². The normalized spacial score (nSPS) is 18.7. The van der Waals surface area contributed by atoms with Gasteiger partial charge in [0.1, 0.15) is 0 Å². The van der Waals surface area contributed by atoms with Crippen LogP contribution in [0.1, 0.15) is 20.3 Å². The average molecular weight is 292 g/mol. The van der Waals surface area contributed by atoms with E-state index in [4.69, 9.17) is 0 Å². The Morgan fingerprint density at radius 3 is 2.85 bits per heavy atom. The molecule has 2 rings (SSSR count). The van der Waals surface area contributed by atoms with Crippen LogP contribution in [0.15, 0.2) is 29.2 Å². The van der Waals surface area contributed by atoms with E-state index in [-0.39, 0.29) is 23.8 Å². The second-order valence-electron chi connectivity index (χ2n) is 5.27. The molecule has 1 N–H and O–H groups in total. The molecule has 1 aromatic carbocycles. The molecule has 4 nitrogen and oxygen atoms in total. The monoisotopic (exact) mass is 292 g/mol. The van der Waals surface area contributed by atoms with Crippen molar-refractivity contribution in [2.75, 3.05) is 17.7 Å². The molecule has 0 aromatic heterocycles. The molecule has 0 radical (unpaired) electrons. The molecule has 108 valence electrons. The van der Waals surface area contributed by atoms with E-state index in [0.717, 1.165) is 10.6 Å². The summed E-state index contributed by atoms with van der Waals surface area (Å²) >= 11 is 1.64. The number of thioether (sulfide) groups is 1. The van der Waals surface area contributed by atoms with Crippen LogP contribution in [-0.4, -0.2) is 30.7 Å². The minimum Gasteiger partial charge on any atom is -0.354 e. The quantitative estimate of drug-likeness (QED) is 0.866. The Balaban J connectivity index is 2.10. The third kappa shape index (κ3) is 3.33. The summed E-state index contributed by atoms with van der Waals surface area (Å²) in [4.78, 5) is 26.9.